The van der Waals surface area contributed by atoms with Crippen molar-refractivity contribution in [2.24, 2.45) is 0 Å². The van der Waals surface area contributed by atoms with Crippen LogP contribution in [0.1, 0.15) is 17.0 Å². The number of aromatic nitrogens is 2. The van der Waals surface area contributed by atoms with Crippen molar-refractivity contribution >= 4 is 12.0 Å². The van der Waals surface area contributed by atoms with Crippen LogP contribution in [0, 0.1) is 0 Å². The van der Waals surface area contributed by atoms with Crippen molar-refractivity contribution in [2.75, 3.05) is 6.79 Å². The van der Waals surface area contributed by atoms with Crippen molar-refractivity contribution in [2.45, 2.75) is 12.8 Å². The van der Waals surface area contributed by atoms with E-state index in [2.05, 4.69) is 22.1 Å². The molecule has 0 aliphatic carbocycles. The molecule has 2 aromatic rings. The van der Waals surface area contributed by atoms with Crippen LogP contribution in [0.2, 0.25) is 0 Å². The maximum atomic E-state index is 11.3. The Bertz CT molecular complexity index is 668. The Morgan fingerprint density at radius 1 is 1.10 bits per heavy atom. The highest BCUT2D eigenvalue weighted by Gasteiger charge is 2.20. The van der Waals surface area contributed by atoms with Crippen LogP contribution in [0.25, 0.3) is 6.08 Å². The highest BCUT2D eigenvalue weighted by Crippen LogP contribution is 2.14. The summed E-state index contributed by atoms with van der Waals surface area (Å²) in [5, 5.41) is 0. The molecule has 1 aromatic carbocycles. The van der Waals surface area contributed by atoms with Crippen molar-refractivity contribution in [1.29, 1.82) is 0 Å². The molecule has 0 amide bonds. The summed E-state index contributed by atoms with van der Waals surface area (Å²) < 4.78 is 9.77. The van der Waals surface area contributed by atoms with Crippen LogP contribution in [0.3, 0.4) is 0 Å². The molecular formula is C16H14N2O3. The van der Waals surface area contributed by atoms with Crippen LogP contribution in [-0.2, 0) is 27.1 Å². The van der Waals surface area contributed by atoms with E-state index in [1.807, 2.05) is 24.3 Å². The van der Waals surface area contributed by atoms with Gasteiger partial charge < -0.3 is 9.47 Å². The van der Waals surface area contributed by atoms with Gasteiger partial charge in [-0.2, -0.15) is 0 Å². The third-order valence-corrected chi connectivity index (χ3v) is 3.14. The van der Waals surface area contributed by atoms with E-state index in [9.17, 15) is 4.79 Å². The van der Waals surface area contributed by atoms with Gasteiger partial charge in [-0.1, -0.05) is 30.3 Å². The fraction of sp³-hybridized carbons (Fsp3) is 0.188. The summed E-state index contributed by atoms with van der Waals surface area (Å²) in [5.41, 5.74) is 2.83. The molecule has 1 aromatic heterocycles. The summed E-state index contributed by atoms with van der Waals surface area (Å²) in [5.74, 6) is -0.276. The quantitative estimate of drug-likeness (QED) is 0.635. The van der Waals surface area contributed by atoms with Gasteiger partial charge in [0.15, 0.2) is 0 Å². The predicted molar refractivity (Wildman–Crippen MR) is 75.9 cm³/mol. The van der Waals surface area contributed by atoms with Gasteiger partial charge in [-0.05, 0) is 24.5 Å². The number of carbonyl (C=O) groups is 1. The molecule has 0 saturated carbocycles. The second kappa shape index (κ2) is 6.17. The van der Waals surface area contributed by atoms with Gasteiger partial charge in [0.25, 0.3) is 0 Å². The number of carbonyl (C=O) groups excluding carboxylic acids is 1. The minimum atomic E-state index is -0.459. The molecule has 0 bridgehead atoms. The Balaban J connectivity index is 1.70. The molecule has 0 spiro atoms. The van der Waals surface area contributed by atoms with Gasteiger partial charge in [0.1, 0.15) is 6.33 Å². The normalized spacial score (nSPS) is 15.8. The first-order valence-corrected chi connectivity index (χ1v) is 6.68. The maximum absolute atomic E-state index is 11.3. The number of hydrogen-bond acceptors (Lipinski definition) is 5. The maximum Gasteiger partial charge on any atom is 0.376 e. The summed E-state index contributed by atoms with van der Waals surface area (Å²) in [4.78, 5) is 19.7. The lowest BCUT2D eigenvalue weighted by molar-refractivity contribution is -0.135. The lowest BCUT2D eigenvalue weighted by atomic mass is 10.1. The summed E-state index contributed by atoms with van der Waals surface area (Å²) >= 11 is 0. The number of hydrogen-bond donors (Lipinski definition) is 0. The Morgan fingerprint density at radius 2 is 1.95 bits per heavy atom. The first kappa shape index (κ1) is 13.3. The van der Waals surface area contributed by atoms with Crippen LogP contribution in [0.4, 0.5) is 0 Å². The molecule has 0 atom stereocenters. The third-order valence-electron chi connectivity index (χ3n) is 3.14. The van der Waals surface area contributed by atoms with E-state index >= 15 is 0 Å². The molecule has 0 radical (unpaired) electrons. The topological polar surface area (TPSA) is 61.3 Å². The molecule has 2 heterocycles. The third kappa shape index (κ3) is 3.45. The summed E-state index contributed by atoms with van der Waals surface area (Å²) in [6.07, 6.45) is 4.79. The largest absolute Gasteiger partial charge is 0.450 e. The number of cyclic esters (lactones) is 1. The zero-order chi connectivity index (χ0) is 14.5. The fourth-order valence-corrected chi connectivity index (χ4v) is 2.06. The standard InChI is InChI=1S/C16H14N2O3/c19-16-15(20-11-21-16)9-14-8-13(17-10-18-14)7-6-12-4-2-1-3-5-12/h1-5,8-10H,6-7,11H2/b15-9-. The van der Waals surface area contributed by atoms with Gasteiger partial charge in [0, 0.05) is 11.8 Å². The number of nitrogens with zero attached hydrogens (tertiary/aromatic N) is 2. The van der Waals surface area contributed by atoms with Crippen LogP contribution in [-0.4, -0.2) is 22.7 Å². The highest BCUT2D eigenvalue weighted by atomic mass is 16.7. The van der Waals surface area contributed by atoms with E-state index in [0.29, 0.717) is 5.69 Å². The molecule has 1 fully saturated rings. The first-order chi connectivity index (χ1) is 10.3. The average molecular weight is 282 g/mol. The van der Waals surface area contributed by atoms with Crippen LogP contribution in [0.5, 0.6) is 0 Å². The molecule has 0 unspecified atom stereocenters. The van der Waals surface area contributed by atoms with Crippen molar-refractivity contribution in [1.82, 2.24) is 9.97 Å². The van der Waals surface area contributed by atoms with E-state index in [1.165, 1.54) is 11.9 Å². The molecule has 1 aliphatic rings. The van der Waals surface area contributed by atoms with E-state index < -0.39 is 5.97 Å². The van der Waals surface area contributed by atoms with Crippen LogP contribution in [0.15, 0.2) is 48.5 Å². The first-order valence-electron chi connectivity index (χ1n) is 6.68. The SMILES string of the molecule is O=C1OCO/C1=C\c1cc(CCc2ccccc2)ncn1. The molecule has 21 heavy (non-hydrogen) atoms. The monoisotopic (exact) mass is 282 g/mol. The number of benzene rings is 1. The van der Waals surface area contributed by atoms with Gasteiger partial charge in [-0.15, -0.1) is 0 Å². The number of ether oxygens (including phenoxy) is 2. The number of esters is 1. The lowest BCUT2D eigenvalue weighted by Gasteiger charge is -2.02. The zero-order valence-electron chi connectivity index (χ0n) is 11.4. The second-order valence-electron chi connectivity index (χ2n) is 4.62. The molecule has 0 N–H and O–H groups in total. The Hall–Kier alpha value is -2.69. The predicted octanol–water partition coefficient (Wildman–Crippen LogP) is 2.13. The van der Waals surface area contributed by atoms with Crippen LogP contribution >= 0.6 is 0 Å². The van der Waals surface area contributed by atoms with Crippen molar-refractivity contribution in [3.63, 3.8) is 0 Å². The van der Waals surface area contributed by atoms with E-state index in [4.69, 9.17) is 9.47 Å². The second-order valence-corrected chi connectivity index (χ2v) is 4.62. The molecule has 1 aliphatic heterocycles. The van der Waals surface area contributed by atoms with E-state index in [1.54, 1.807) is 6.08 Å². The van der Waals surface area contributed by atoms with Gasteiger partial charge in [0.2, 0.25) is 12.6 Å². The Labute approximate surface area is 122 Å². The zero-order valence-corrected chi connectivity index (χ0v) is 11.4. The van der Waals surface area contributed by atoms with Gasteiger partial charge in [-0.3, -0.25) is 0 Å². The molecule has 5 nitrogen and oxygen atoms in total. The van der Waals surface area contributed by atoms with Gasteiger partial charge in [0.05, 0.1) is 5.69 Å². The highest BCUT2D eigenvalue weighted by molar-refractivity contribution is 5.92. The van der Waals surface area contributed by atoms with Crippen molar-refractivity contribution < 1.29 is 14.3 Å². The number of aryl methyl sites for hydroxylation is 2. The van der Waals surface area contributed by atoms with Crippen LogP contribution < -0.4 is 0 Å². The minimum absolute atomic E-state index is 0.0311. The molecular weight excluding hydrogens is 268 g/mol. The lowest BCUT2D eigenvalue weighted by Crippen LogP contribution is -1.98. The Morgan fingerprint density at radius 3 is 2.71 bits per heavy atom. The smallest absolute Gasteiger partial charge is 0.376 e. The summed E-state index contributed by atoms with van der Waals surface area (Å²) in [6.45, 7) is -0.0311. The molecule has 1 saturated heterocycles. The Kier molecular flexibility index (Phi) is 3.91. The molecule has 5 heteroatoms. The van der Waals surface area contributed by atoms with E-state index in [-0.39, 0.29) is 12.6 Å². The molecule has 106 valence electrons. The van der Waals surface area contributed by atoms with Gasteiger partial charge >= 0.3 is 5.97 Å². The van der Waals surface area contributed by atoms with E-state index in [0.717, 1.165) is 18.5 Å². The molecule has 3 rings (SSSR count). The summed E-state index contributed by atoms with van der Waals surface area (Å²) in [7, 11) is 0. The summed E-state index contributed by atoms with van der Waals surface area (Å²) in [6, 6.07) is 12.1. The fourth-order valence-electron chi connectivity index (χ4n) is 2.06. The van der Waals surface area contributed by atoms with Crippen molar-refractivity contribution in [3.8, 4) is 0 Å². The number of rotatable bonds is 4. The van der Waals surface area contributed by atoms with Gasteiger partial charge in [-0.25, -0.2) is 14.8 Å². The average Bonchev–Trinajstić information content (AvgIpc) is 2.92. The minimum Gasteiger partial charge on any atom is -0.450 e. The van der Waals surface area contributed by atoms with Crippen molar-refractivity contribution in [3.05, 3.63) is 65.4 Å².